The maximum Gasteiger partial charge on any atom is 0.459 e. The quantitative estimate of drug-likeness (QED) is 0.179. The summed E-state index contributed by atoms with van der Waals surface area (Å²) in [5, 5.41) is 17.1. The fraction of sp³-hybridized carbons (Fsp3) is 0.385. The SMILES string of the molecule is COC(=O)C(C)N[P@](=O)(OC[C@@]1(C#N)O[C@@H](c2ccc3c(N)ncnn23)[C@H](OC(C)=O)[C@@H]1OC(C)=O)Oc1ccccc1. The van der Waals surface area contributed by atoms with Gasteiger partial charge in [-0.2, -0.15) is 15.4 Å². The molecule has 0 radical (unpaired) electrons. The monoisotopic (exact) mass is 616 g/mol. The second-order valence-electron chi connectivity index (χ2n) is 9.39. The fourth-order valence-electron chi connectivity index (χ4n) is 4.45. The number of methoxy groups -OCH3 is 1. The first-order valence-electron chi connectivity index (χ1n) is 12.8. The molecule has 3 heterocycles. The molecule has 3 N–H and O–H groups in total. The molecular weight excluding hydrogens is 587 g/mol. The third-order valence-corrected chi connectivity index (χ3v) is 7.93. The average Bonchev–Trinajstić information content (AvgIpc) is 3.52. The van der Waals surface area contributed by atoms with Gasteiger partial charge in [0.15, 0.2) is 18.0 Å². The van der Waals surface area contributed by atoms with E-state index in [2.05, 4.69) is 15.2 Å². The number of esters is 3. The van der Waals surface area contributed by atoms with Crippen LogP contribution in [0.3, 0.4) is 0 Å². The molecule has 4 rings (SSSR count). The molecular formula is C26H29N6O10P. The summed E-state index contributed by atoms with van der Waals surface area (Å²) in [6.07, 6.45) is -3.05. The molecule has 1 aliphatic heterocycles. The molecule has 1 fully saturated rings. The summed E-state index contributed by atoms with van der Waals surface area (Å²) >= 11 is 0. The molecule has 0 spiro atoms. The number of nitriles is 1. The molecule has 3 aromatic rings. The topological polar surface area (TPSA) is 216 Å². The lowest BCUT2D eigenvalue weighted by molar-refractivity contribution is -0.166. The van der Waals surface area contributed by atoms with Crippen LogP contribution in [0.4, 0.5) is 5.82 Å². The Labute approximate surface area is 245 Å². The number of hydrogen-bond acceptors (Lipinski definition) is 14. The zero-order chi connectivity index (χ0) is 31.4. The summed E-state index contributed by atoms with van der Waals surface area (Å²) < 4.78 is 48.5. The number of aromatic nitrogens is 3. The number of nitrogen functional groups attached to an aromatic ring is 1. The van der Waals surface area contributed by atoms with Gasteiger partial charge in [0.05, 0.1) is 12.8 Å². The first kappa shape index (κ1) is 31.4. The smallest absolute Gasteiger partial charge is 0.459 e. The molecule has 43 heavy (non-hydrogen) atoms. The van der Waals surface area contributed by atoms with Gasteiger partial charge in [-0.05, 0) is 31.2 Å². The number of nitrogens with one attached hydrogen (secondary N) is 1. The Balaban J connectivity index is 1.75. The standard InChI is InChI=1S/C26H29N6O10P/c1-15(25(35)37-4)31-43(36,42-18-8-6-5-7-9-18)38-13-26(12-27)23(40-17(3)34)22(39-16(2)33)21(41-26)19-10-11-20-24(28)29-14-30-32(19)20/h5-11,14-15,21-23H,13H2,1-4H3,(H,31,36)(H2,28,29,30)/t15?,21-,22-,23-,26+,43-/m0/s1. The van der Waals surface area contributed by atoms with Crippen LogP contribution in [0.15, 0.2) is 48.8 Å². The molecule has 1 unspecified atom stereocenters. The van der Waals surface area contributed by atoms with Crippen LogP contribution in [0.1, 0.15) is 32.6 Å². The van der Waals surface area contributed by atoms with E-state index in [9.17, 15) is 24.2 Å². The Kier molecular flexibility index (Phi) is 9.31. The molecule has 0 bridgehead atoms. The first-order chi connectivity index (χ1) is 20.4. The van der Waals surface area contributed by atoms with Crippen LogP contribution in [-0.2, 0) is 42.4 Å². The minimum atomic E-state index is -4.48. The molecule has 0 aliphatic carbocycles. The van der Waals surface area contributed by atoms with Gasteiger partial charge in [-0.1, -0.05) is 18.2 Å². The highest BCUT2D eigenvalue weighted by molar-refractivity contribution is 7.52. The van der Waals surface area contributed by atoms with Gasteiger partial charge in [-0.25, -0.2) is 14.1 Å². The van der Waals surface area contributed by atoms with E-state index >= 15 is 0 Å². The Morgan fingerprint density at radius 3 is 2.51 bits per heavy atom. The number of ether oxygens (including phenoxy) is 4. The Hall–Kier alpha value is -4.55. The number of nitrogens with two attached hydrogens (primary N) is 1. The van der Waals surface area contributed by atoms with Crippen molar-refractivity contribution in [2.75, 3.05) is 19.5 Å². The van der Waals surface area contributed by atoms with E-state index < -0.39 is 62.2 Å². The van der Waals surface area contributed by atoms with Crippen LogP contribution in [0.5, 0.6) is 5.75 Å². The molecule has 1 saturated heterocycles. The summed E-state index contributed by atoms with van der Waals surface area (Å²) in [5.41, 5.74) is 4.40. The third-order valence-electron chi connectivity index (χ3n) is 6.30. The molecule has 17 heteroatoms. The number of rotatable bonds is 11. The van der Waals surface area contributed by atoms with E-state index in [4.69, 9.17) is 33.7 Å². The van der Waals surface area contributed by atoms with Crippen LogP contribution in [0.2, 0.25) is 0 Å². The van der Waals surface area contributed by atoms with E-state index in [0.717, 1.165) is 21.0 Å². The normalized spacial score (nSPS) is 23.5. The van der Waals surface area contributed by atoms with Crippen LogP contribution >= 0.6 is 7.75 Å². The highest BCUT2D eigenvalue weighted by Crippen LogP contribution is 2.49. The first-order valence-corrected chi connectivity index (χ1v) is 14.3. The van der Waals surface area contributed by atoms with E-state index in [0.29, 0.717) is 5.52 Å². The number of carbonyl (C=O) groups is 3. The van der Waals surface area contributed by atoms with Crippen molar-refractivity contribution in [2.45, 2.75) is 50.7 Å². The Morgan fingerprint density at radius 1 is 1.19 bits per heavy atom. The van der Waals surface area contributed by atoms with Crippen molar-refractivity contribution in [3.05, 3.63) is 54.5 Å². The molecule has 6 atom stereocenters. The fourth-order valence-corrected chi connectivity index (χ4v) is 5.97. The Bertz CT molecular complexity index is 1590. The van der Waals surface area contributed by atoms with Gasteiger partial charge in [-0.15, -0.1) is 0 Å². The summed E-state index contributed by atoms with van der Waals surface area (Å²) in [4.78, 5) is 40.5. The summed E-state index contributed by atoms with van der Waals surface area (Å²) in [6, 6.07) is 11.8. The average molecular weight is 617 g/mol. The van der Waals surface area contributed by atoms with E-state index in [-0.39, 0.29) is 17.3 Å². The van der Waals surface area contributed by atoms with E-state index in [1.54, 1.807) is 30.3 Å². The summed E-state index contributed by atoms with van der Waals surface area (Å²) in [5.74, 6) is -2.13. The minimum absolute atomic E-state index is 0.109. The van der Waals surface area contributed by atoms with Crippen molar-refractivity contribution in [3.8, 4) is 11.8 Å². The lowest BCUT2D eigenvalue weighted by Gasteiger charge is -2.30. The van der Waals surface area contributed by atoms with Gasteiger partial charge in [-0.3, -0.25) is 18.9 Å². The molecule has 0 saturated carbocycles. The maximum absolute atomic E-state index is 14.0. The van der Waals surface area contributed by atoms with Crippen LogP contribution in [0.25, 0.3) is 5.52 Å². The predicted octanol–water partition coefficient (Wildman–Crippen LogP) is 1.86. The highest BCUT2D eigenvalue weighted by atomic mass is 31.2. The number of hydrogen-bond donors (Lipinski definition) is 2. The van der Waals surface area contributed by atoms with Crippen molar-refractivity contribution in [1.29, 1.82) is 5.26 Å². The van der Waals surface area contributed by atoms with Crippen molar-refractivity contribution < 1.29 is 46.9 Å². The number of nitrogens with zero attached hydrogens (tertiary/aromatic N) is 4. The number of anilines is 1. The van der Waals surface area contributed by atoms with Crippen molar-refractivity contribution in [2.24, 2.45) is 0 Å². The number of benzene rings is 1. The zero-order valence-corrected chi connectivity index (χ0v) is 24.4. The molecule has 2 aromatic heterocycles. The van der Waals surface area contributed by atoms with Gasteiger partial charge in [0.2, 0.25) is 5.60 Å². The largest absolute Gasteiger partial charge is 0.468 e. The van der Waals surface area contributed by atoms with E-state index in [1.807, 2.05) is 6.07 Å². The van der Waals surface area contributed by atoms with Gasteiger partial charge in [0.25, 0.3) is 0 Å². The second-order valence-corrected chi connectivity index (χ2v) is 11.1. The lowest BCUT2D eigenvalue weighted by Crippen LogP contribution is -2.49. The van der Waals surface area contributed by atoms with Gasteiger partial charge in [0, 0.05) is 13.8 Å². The second kappa shape index (κ2) is 12.8. The number of para-hydroxylation sites is 1. The van der Waals surface area contributed by atoms with Gasteiger partial charge in [0.1, 0.15) is 42.4 Å². The van der Waals surface area contributed by atoms with Gasteiger partial charge < -0.3 is 29.2 Å². The maximum atomic E-state index is 14.0. The van der Waals surface area contributed by atoms with Crippen molar-refractivity contribution in [1.82, 2.24) is 19.7 Å². The molecule has 16 nitrogen and oxygen atoms in total. The summed E-state index contributed by atoms with van der Waals surface area (Å²) in [6.45, 7) is 2.73. The molecule has 1 aromatic carbocycles. The van der Waals surface area contributed by atoms with Gasteiger partial charge >= 0.3 is 25.7 Å². The predicted molar refractivity (Wildman–Crippen MR) is 146 cm³/mol. The van der Waals surface area contributed by atoms with Crippen molar-refractivity contribution in [3.63, 3.8) is 0 Å². The molecule has 0 amide bonds. The van der Waals surface area contributed by atoms with E-state index in [1.165, 1.54) is 29.9 Å². The summed E-state index contributed by atoms with van der Waals surface area (Å²) in [7, 11) is -3.34. The van der Waals surface area contributed by atoms with Crippen LogP contribution in [0, 0.1) is 11.3 Å². The third kappa shape index (κ3) is 6.76. The number of carbonyl (C=O) groups excluding carboxylic acids is 3. The van der Waals surface area contributed by atoms with Crippen LogP contribution in [-0.4, -0.2) is 70.1 Å². The Morgan fingerprint density at radius 2 is 1.88 bits per heavy atom. The highest BCUT2D eigenvalue weighted by Gasteiger charge is 2.62. The van der Waals surface area contributed by atoms with Crippen molar-refractivity contribution >= 4 is 37.0 Å². The number of fused-ring (bicyclic) bond motifs is 1. The van der Waals surface area contributed by atoms with Crippen LogP contribution < -0.4 is 15.3 Å². The lowest BCUT2D eigenvalue weighted by atomic mass is 9.95. The molecule has 1 aliphatic rings. The minimum Gasteiger partial charge on any atom is -0.468 e. The zero-order valence-electron chi connectivity index (χ0n) is 23.5. The molecule has 228 valence electrons.